The molecule has 7 atom stereocenters. The standard InChI is InChI=1S/C48H94N4O7/c1-5-7-9-11-13-15-17-19-21-23-25-27-29-31-33-35-37-52(41(54)36-34-32-30-28-26-24-22-20-18-16-14-12-10-8-6-2)48(51)42(44(56)43(55)40(38-53)59-48)46(58)47(4,50)45(57)39(3)49/h39-40,42-44,53,55-56H,5-38,49-51H2,1-4H3/t39-,40-,42+,43-,44-,47-,48+/m1/s1. The second-order valence-corrected chi connectivity index (χ2v) is 18.3. The van der Waals surface area contributed by atoms with E-state index < -0.39 is 59.8 Å². The number of nitrogens with zero attached hydrogens (tertiary/aromatic N) is 1. The highest BCUT2D eigenvalue weighted by atomic mass is 16.6. The third-order valence-corrected chi connectivity index (χ3v) is 12.7. The second kappa shape index (κ2) is 33.1. The Hall–Kier alpha value is -1.47. The van der Waals surface area contributed by atoms with Crippen LogP contribution in [0.5, 0.6) is 0 Å². The first-order valence-electron chi connectivity index (χ1n) is 24.7. The number of Topliss-reactive ketones (excluding diaryl/α,β-unsaturated/α-hetero) is 2. The lowest BCUT2D eigenvalue weighted by atomic mass is 9.74. The lowest BCUT2D eigenvalue weighted by Crippen LogP contribution is -2.78. The minimum atomic E-state index is -2.27. The monoisotopic (exact) mass is 839 g/mol. The lowest BCUT2D eigenvalue weighted by molar-refractivity contribution is -0.292. The Balaban J connectivity index is 2.82. The largest absolute Gasteiger partial charge is 0.394 e. The summed E-state index contributed by atoms with van der Waals surface area (Å²) in [5.74, 6) is -6.15. The molecule has 0 bridgehead atoms. The molecule has 1 aliphatic rings. The number of amides is 1. The molecular formula is C48H94N4O7. The molecule has 11 heteroatoms. The molecule has 0 aromatic carbocycles. The van der Waals surface area contributed by atoms with Crippen LogP contribution in [0.15, 0.2) is 0 Å². The molecule has 59 heavy (non-hydrogen) atoms. The van der Waals surface area contributed by atoms with Gasteiger partial charge in [-0.25, -0.2) is 0 Å². The second-order valence-electron chi connectivity index (χ2n) is 18.3. The summed E-state index contributed by atoms with van der Waals surface area (Å²) in [7, 11) is 0. The van der Waals surface area contributed by atoms with Crippen molar-refractivity contribution in [1.82, 2.24) is 4.90 Å². The van der Waals surface area contributed by atoms with E-state index in [1.54, 1.807) is 0 Å². The number of aliphatic hydroxyl groups excluding tert-OH is 3. The summed E-state index contributed by atoms with van der Waals surface area (Å²) in [4.78, 5) is 42.7. The van der Waals surface area contributed by atoms with E-state index in [4.69, 9.17) is 21.9 Å². The first kappa shape index (κ1) is 55.5. The van der Waals surface area contributed by atoms with E-state index in [-0.39, 0.29) is 18.9 Å². The van der Waals surface area contributed by atoms with Crippen molar-refractivity contribution in [2.45, 2.75) is 269 Å². The zero-order chi connectivity index (χ0) is 43.9. The van der Waals surface area contributed by atoms with Gasteiger partial charge >= 0.3 is 0 Å². The Kier molecular flexibility index (Phi) is 31.2. The van der Waals surface area contributed by atoms with Gasteiger partial charge < -0.3 is 36.4 Å². The van der Waals surface area contributed by atoms with Gasteiger partial charge in [0.05, 0.1) is 18.8 Å². The zero-order valence-electron chi connectivity index (χ0n) is 38.6. The molecule has 0 spiro atoms. The van der Waals surface area contributed by atoms with Crippen LogP contribution in [0.2, 0.25) is 0 Å². The average Bonchev–Trinajstić information content (AvgIpc) is 3.21. The minimum absolute atomic E-state index is 0.139. The lowest BCUT2D eigenvalue weighted by Gasteiger charge is -2.53. The zero-order valence-corrected chi connectivity index (χ0v) is 38.6. The third kappa shape index (κ3) is 21.4. The molecule has 0 saturated carbocycles. The van der Waals surface area contributed by atoms with E-state index in [2.05, 4.69) is 13.8 Å². The highest BCUT2D eigenvalue weighted by Crippen LogP contribution is 2.38. The maximum absolute atomic E-state index is 14.2. The fourth-order valence-electron chi connectivity index (χ4n) is 8.78. The molecule has 1 saturated heterocycles. The van der Waals surface area contributed by atoms with Crippen LogP contribution in [0.4, 0.5) is 0 Å². The fourth-order valence-corrected chi connectivity index (χ4v) is 8.78. The van der Waals surface area contributed by atoms with Crippen LogP contribution in [0, 0.1) is 5.92 Å². The molecule has 348 valence electrons. The maximum atomic E-state index is 14.2. The van der Waals surface area contributed by atoms with E-state index in [0.29, 0.717) is 12.8 Å². The number of aliphatic hydroxyl groups is 3. The van der Waals surface area contributed by atoms with Gasteiger partial charge in [-0.2, -0.15) is 0 Å². The summed E-state index contributed by atoms with van der Waals surface area (Å²) in [5.41, 5.74) is 16.9. The molecule has 0 aromatic rings. The van der Waals surface area contributed by atoms with Crippen LogP contribution in [-0.2, 0) is 19.1 Å². The predicted octanol–water partition coefficient (Wildman–Crippen LogP) is 8.88. The maximum Gasteiger partial charge on any atom is 0.225 e. The molecule has 1 fully saturated rings. The van der Waals surface area contributed by atoms with Crippen LogP contribution in [0.25, 0.3) is 0 Å². The number of ether oxygens (including phenoxy) is 1. The van der Waals surface area contributed by atoms with Crippen molar-refractivity contribution in [1.29, 1.82) is 0 Å². The van der Waals surface area contributed by atoms with Gasteiger partial charge in [0.15, 0.2) is 11.6 Å². The van der Waals surface area contributed by atoms with Gasteiger partial charge in [-0.1, -0.05) is 200 Å². The summed E-state index contributed by atoms with van der Waals surface area (Å²) in [6.07, 6.45) is 32.3. The van der Waals surface area contributed by atoms with Crippen molar-refractivity contribution in [3.63, 3.8) is 0 Å². The van der Waals surface area contributed by atoms with Crippen LogP contribution in [-0.4, -0.2) is 86.6 Å². The Bertz CT molecular complexity index is 1090. The van der Waals surface area contributed by atoms with E-state index in [9.17, 15) is 29.7 Å². The highest BCUT2D eigenvalue weighted by Gasteiger charge is 2.62. The number of carbonyl (C=O) groups excluding carboxylic acids is 3. The molecular weight excluding hydrogens is 745 g/mol. The highest BCUT2D eigenvalue weighted by molar-refractivity contribution is 6.14. The van der Waals surface area contributed by atoms with Gasteiger partial charge in [-0.3, -0.25) is 20.1 Å². The fraction of sp³-hybridized carbons (Fsp3) is 0.938. The number of rotatable bonds is 39. The number of hydrogen-bond donors (Lipinski definition) is 6. The molecule has 1 heterocycles. The van der Waals surface area contributed by atoms with Crippen molar-refractivity contribution in [3.8, 4) is 0 Å². The Morgan fingerprint density at radius 1 is 0.627 bits per heavy atom. The van der Waals surface area contributed by atoms with Crippen molar-refractivity contribution in [2.24, 2.45) is 23.1 Å². The van der Waals surface area contributed by atoms with Gasteiger partial charge in [-0.05, 0) is 26.7 Å². The number of nitrogens with two attached hydrogens (primary N) is 3. The van der Waals surface area contributed by atoms with Crippen LogP contribution < -0.4 is 17.2 Å². The van der Waals surface area contributed by atoms with Gasteiger partial charge in [0, 0.05) is 13.0 Å². The van der Waals surface area contributed by atoms with E-state index in [0.717, 1.165) is 44.9 Å². The molecule has 1 aliphatic heterocycles. The molecule has 0 radical (unpaired) electrons. The molecule has 0 aromatic heterocycles. The van der Waals surface area contributed by atoms with Crippen molar-refractivity contribution in [2.75, 3.05) is 13.2 Å². The topological polar surface area (TPSA) is 202 Å². The summed E-state index contributed by atoms with van der Waals surface area (Å²) < 4.78 is 6.07. The van der Waals surface area contributed by atoms with E-state index in [1.165, 1.54) is 160 Å². The van der Waals surface area contributed by atoms with Crippen molar-refractivity contribution < 1.29 is 34.4 Å². The Morgan fingerprint density at radius 3 is 1.31 bits per heavy atom. The first-order chi connectivity index (χ1) is 28.3. The summed E-state index contributed by atoms with van der Waals surface area (Å²) in [5, 5.41) is 32.4. The molecule has 1 amide bonds. The van der Waals surface area contributed by atoms with Crippen LogP contribution in [0.1, 0.15) is 233 Å². The molecule has 1 rings (SSSR count). The summed E-state index contributed by atoms with van der Waals surface area (Å²) in [6.45, 7) is 6.55. The first-order valence-corrected chi connectivity index (χ1v) is 24.7. The molecule has 11 nitrogen and oxygen atoms in total. The molecule has 0 unspecified atom stereocenters. The van der Waals surface area contributed by atoms with Gasteiger partial charge in [-0.15, -0.1) is 0 Å². The van der Waals surface area contributed by atoms with Crippen LogP contribution >= 0.6 is 0 Å². The van der Waals surface area contributed by atoms with Gasteiger partial charge in [0.1, 0.15) is 23.7 Å². The van der Waals surface area contributed by atoms with E-state index in [1.807, 2.05) is 0 Å². The smallest absolute Gasteiger partial charge is 0.225 e. The minimum Gasteiger partial charge on any atom is -0.394 e. The average molecular weight is 839 g/mol. The summed E-state index contributed by atoms with van der Waals surface area (Å²) >= 11 is 0. The van der Waals surface area contributed by atoms with Gasteiger partial charge in [0.2, 0.25) is 11.8 Å². The Labute approximate surface area is 361 Å². The molecule has 0 aliphatic carbocycles. The van der Waals surface area contributed by atoms with E-state index >= 15 is 0 Å². The number of ketones is 2. The molecule has 9 N–H and O–H groups in total. The Morgan fingerprint density at radius 2 is 0.966 bits per heavy atom. The number of hydrogen-bond acceptors (Lipinski definition) is 10. The van der Waals surface area contributed by atoms with Crippen LogP contribution in [0.3, 0.4) is 0 Å². The number of unbranched alkanes of at least 4 members (excludes halogenated alkanes) is 29. The SMILES string of the molecule is CCCCCCCCCCCCCCCCCCN(C(=O)CCCCCCCCCCCCCCCCC)[C@]1(N)O[C@H](CO)[C@@H](O)[C@H](O)[C@H]1C(=O)[C@](C)(N)C(=O)[C@@H](C)N. The normalized spacial score (nSPS) is 22.3. The third-order valence-electron chi connectivity index (χ3n) is 12.7. The van der Waals surface area contributed by atoms with Crippen molar-refractivity contribution in [3.05, 3.63) is 0 Å². The number of carbonyl (C=O) groups is 3. The summed E-state index contributed by atoms with van der Waals surface area (Å²) in [6, 6.07) is -1.09. The van der Waals surface area contributed by atoms with Gasteiger partial charge in [0.25, 0.3) is 0 Å². The predicted molar refractivity (Wildman–Crippen MR) is 241 cm³/mol. The van der Waals surface area contributed by atoms with Crippen molar-refractivity contribution >= 4 is 17.5 Å². The quantitative estimate of drug-likeness (QED) is 0.0197.